The lowest BCUT2D eigenvalue weighted by Gasteiger charge is -2.43. The topological polar surface area (TPSA) is 45.2 Å². The number of morpholine rings is 1. The third-order valence-electron chi connectivity index (χ3n) is 4.57. The van der Waals surface area contributed by atoms with E-state index >= 15 is 0 Å². The fraction of sp³-hybridized carbons (Fsp3) is 0.706. The van der Waals surface area contributed by atoms with Gasteiger partial charge in [-0.05, 0) is 11.4 Å². The molecule has 1 aromatic heterocycles. The van der Waals surface area contributed by atoms with E-state index in [0.717, 1.165) is 32.7 Å². The normalized spacial score (nSPS) is 26.4. The molecule has 0 aromatic carbocycles. The van der Waals surface area contributed by atoms with Crippen molar-refractivity contribution in [1.82, 2.24) is 14.7 Å². The average Bonchev–Trinajstić information content (AvgIpc) is 2.97. The first-order chi connectivity index (χ1) is 11.6. The van der Waals surface area contributed by atoms with Gasteiger partial charge < -0.3 is 14.4 Å². The second-order valence-electron chi connectivity index (χ2n) is 6.87. The molecule has 6 nitrogen and oxygen atoms in total. The molecule has 1 aromatic rings. The lowest BCUT2D eigenvalue weighted by Crippen LogP contribution is -2.59. The van der Waals surface area contributed by atoms with Crippen molar-refractivity contribution < 1.29 is 14.3 Å². The van der Waals surface area contributed by atoms with E-state index in [2.05, 4.69) is 27.3 Å². The molecular formula is C17H27N3O3S. The van der Waals surface area contributed by atoms with Crippen molar-refractivity contribution >= 4 is 17.2 Å². The van der Waals surface area contributed by atoms with Crippen molar-refractivity contribution in [2.75, 3.05) is 66.6 Å². The minimum atomic E-state index is -0.335. The van der Waals surface area contributed by atoms with Crippen LogP contribution in [0.25, 0.3) is 0 Å². The predicted octanol–water partition coefficient (Wildman–Crippen LogP) is 0.740. The van der Waals surface area contributed by atoms with Crippen LogP contribution < -0.4 is 0 Å². The molecular weight excluding hydrogens is 326 g/mol. The van der Waals surface area contributed by atoms with E-state index in [1.807, 2.05) is 0 Å². The number of ether oxygens (including phenoxy) is 2. The first kappa shape index (κ1) is 17.8. The zero-order chi connectivity index (χ0) is 17.0. The van der Waals surface area contributed by atoms with Crippen molar-refractivity contribution in [2.24, 2.45) is 0 Å². The summed E-state index contributed by atoms with van der Waals surface area (Å²) >= 11 is 1.79. The van der Waals surface area contributed by atoms with Crippen LogP contribution in [0.1, 0.15) is 4.88 Å². The molecule has 1 amide bonds. The Balaban J connectivity index is 1.64. The maximum absolute atomic E-state index is 12.1. The molecule has 0 saturated carbocycles. The molecule has 0 aliphatic carbocycles. The van der Waals surface area contributed by atoms with Crippen molar-refractivity contribution in [3.8, 4) is 0 Å². The molecule has 3 heterocycles. The fourth-order valence-electron chi connectivity index (χ4n) is 3.32. The van der Waals surface area contributed by atoms with E-state index in [0.29, 0.717) is 26.4 Å². The van der Waals surface area contributed by atoms with Crippen molar-refractivity contribution in [3.05, 3.63) is 22.4 Å². The van der Waals surface area contributed by atoms with Gasteiger partial charge in [-0.3, -0.25) is 14.6 Å². The van der Waals surface area contributed by atoms with E-state index in [9.17, 15) is 4.79 Å². The summed E-state index contributed by atoms with van der Waals surface area (Å²) in [6, 6.07) is 4.28. The monoisotopic (exact) mass is 353 g/mol. The number of nitrogens with zero attached hydrogens (tertiary/aromatic N) is 3. The number of carbonyl (C=O) groups excluding carboxylic acids is 1. The molecule has 0 N–H and O–H groups in total. The van der Waals surface area contributed by atoms with Crippen molar-refractivity contribution in [2.45, 2.75) is 12.1 Å². The number of thiophene rings is 1. The second kappa shape index (κ2) is 7.93. The molecule has 24 heavy (non-hydrogen) atoms. The van der Waals surface area contributed by atoms with Gasteiger partial charge in [0.25, 0.3) is 0 Å². The van der Waals surface area contributed by atoms with Crippen LogP contribution in [-0.4, -0.2) is 92.8 Å². The highest BCUT2D eigenvalue weighted by atomic mass is 32.1. The van der Waals surface area contributed by atoms with Gasteiger partial charge in [-0.15, -0.1) is 11.3 Å². The van der Waals surface area contributed by atoms with Crippen molar-refractivity contribution in [1.29, 1.82) is 0 Å². The number of carbonyl (C=O) groups is 1. The Bertz CT molecular complexity index is 537. The second-order valence-corrected chi connectivity index (χ2v) is 7.91. The maximum Gasteiger partial charge on any atom is 0.236 e. The lowest BCUT2D eigenvalue weighted by molar-refractivity contribution is -0.145. The average molecular weight is 353 g/mol. The zero-order valence-electron chi connectivity index (χ0n) is 14.6. The minimum Gasteiger partial charge on any atom is -0.377 e. The summed E-state index contributed by atoms with van der Waals surface area (Å²) in [5, 5.41) is 2.12. The summed E-state index contributed by atoms with van der Waals surface area (Å²) in [6.45, 7) is 6.64. The number of likely N-dealkylation sites (N-methyl/N-ethyl adjacent to an activating group) is 1. The lowest BCUT2D eigenvalue weighted by atomic mass is 10.0. The number of hydrogen-bond acceptors (Lipinski definition) is 6. The van der Waals surface area contributed by atoms with E-state index in [1.165, 1.54) is 4.88 Å². The number of amides is 1. The van der Waals surface area contributed by atoms with Crippen LogP contribution in [0.4, 0.5) is 0 Å². The fourth-order valence-corrected chi connectivity index (χ4v) is 4.06. The van der Waals surface area contributed by atoms with E-state index in [4.69, 9.17) is 9.47 Å². The molecule has 3 rings (SSSR count). The summed E-state index contributed by atoms with van der Waals surface area (Å²) in [5.74, 6) is 0.123. The zero-order valence-corrected chi connectivity index (χ0v) is 15.4. The van der Waals surface area contributed by atoms with Crippen LogP contribution in [0.5, 0.6) is 0 Å². The van der Waals surface area contributed by atoms with Gasteiger partial charge in [-0.1, -0.05) is 6.07 Å². The van der Waals surface area contributed by atoms with Crippen LogP contribution in [0, 0.1) is 0 Å². The van der Waals surface area contributed by atoms with Gasteiger partial charge in [0.05, 0.1) is 26.4 Å². The van der Waals surface area contributed by atoms with E-state index in [-0.39, 0.29) is 11.5 Å². The van der Waals surface area contributed by atoms with Gasteiger partial charge in [-0.2, -0.15) is 0 Å². The summed E-state index contributed by atoms with van der Waals surface area (Å²) in [7, 11) is 3.60. The van der Waals surface area contributed by atoms with Crippen LogP contribution in [0.3, 0.4) is 0 Å². The Morgan fingerprint density at radius 2 is 2.08 bits per heavy atom. The SMILES string of the molecule is CN(C)C(=O)CN1CCOCC2(C1)CN(Cc1cccs1)CCO2. The van der Waals surface area contributed by atoms with E-state index < -0.39 is 0 Å². The molecule has 2 saturated heterocycles. The molecule has 0 bridgehead atoms. The molecule has 2 fully saturated rings. The molecule has 2 aliphatic heterocycles. The molecule has 1 atom stereocenters. The highest BCUT2D eigenvalue weighted by molar-refractivity contribution is 7.09. The largest absolute Gasteiger partial charge is 0.377 e. The Kier molecular flexibility index (Phi) is 5.89. The molecule has 1 spiro atoms. The molecule has 1 unspecified atom stereocenters. The van der Waals surface area contributed by atoms with Crippen molar-refractivity contribution in [3.63, 3.8) is 0 Å². The third-order valence-corrected chi connectivity index (χ3v) is 5.43. The smallest absolute Gasteiger partial charge is 0.236 e. The van der Waals surface area contributed by atoms with Gasteiger partial charge in [0.1, 0.15) is 5.60 Å². The van der Waals surface area contributed by atoms with Gasteiger partial charge in [-0.25, -0.2) is 0 Å². The van der Waals surface area contributed by atoms with Crippen LogP contribution in [-0.2, 0) is 20.8 Å². The summed E-state index contributed by atoms with van der Waals surface area (Å²) in [4.78, 5) is 19.7. The Labute approximate surface area is 147 Å². The number of hydrogen-bond donors (Lipinski definition) is 0. The molecule has 7 heteroatoms. The van der Waals surface area contributed by atoms with Gasteiger partial charge >= 0.3 is 0 Å². The first-order valence-electron chi connectivity index (χ1n) is 8.45. The van der Waals surface area contributed by atoms with Gasteiger partial charge in [0.15, 0.2) is 0 Å². The molecule has 0 radical (unpaired) electrons. The third kappa shape index (κ3) is 4.55. The van der Waals surface area contributed by atoms with E-state index in [1.54, 1.807) is 30.3 Å². The Morgan fingerprint density at radius 3 is 2.83 bits per heavy atom. The van der Waals surface area contributed by atoms with Crippen LogP contribution >= 0.6 is 11.3 Å². The quantitative estimate of drug-likeness (QED) is 0.799. The summed E-state index contributed by atoms with van der Waals surface area (Å²) in [6.07, 6.45) is 0. The predicted molar refractivity (Wildman–Crippen MR) is 94.2 cm³/mol. The molecule has 2 aliphatic rings. The Hall–Kier alpha value is -0.990. The summed E-state index contributed by atoms with van der Waals surface area (Å²) in [5.41, 5.74) is -0.335. The van der Waals surface area contributed by atoms with Crippen LogP contribution in [0.15, 0.2) is 17.5 Å². The van der Waals surface area contributed by atoms with Gasteiger partial charge in [0, 0.05) is 51.7 Å². The standard InChI is InChI=1S/C17H27N3O3S/c1-18(2)16(21)11-20-5-7-22-14-17(13-20)12-19(6-8-23-17)10-15-4-3-9-24-15/h3-4,9H,5-8,10-14H2,1-2H3. The highest BCUT2D eigenvalue weighted by Crippen LogP contribution is 2.24. The molecule has 134 valence electrons. The Morgan fingerprint density at radius 1 is 1.29 bits per heavy atom. The summed E-state index contributed by atoms with van der Waals surface area (Å²) < 4.78 is 12.0. The highest BCUT2D eigenvalue weighted by Gasteiger charge is 2.40. The van der Waals surface area contributed by atoms with Crippen LogP contribution in [0.2, 0.25) is 0 Å². The first-order valence-corrected chi connectivity index (χ1v) is 9.33. The van der Waals surface area contributed by atoms with Gasteiger partial charge in [0.2, 0.25) is 5.91 Å². The number of rotatable bonds is 4. The maximum atomic E-state index is 12.1. The minimum absolute atomic E-state index is 0.123.